The van der Waals surface area contributed by atoms with E-state index in [0.717, 1.165) is 13.0 Å². The maximum absolute atomic E-state index is 11.8. The van der Waals surface area contributed by atoms with E-state index in [9.17, 15) is 4.79 Å². The molecule has 5 heteroatoms. The van der Waals surface area contributed by atoms with E-state index in [1.165, 1.54) is 6.20 Å². The van der Waals surface area contributed by atoms with Crippen LogP contribution in [0.15, 0.2) is 18.3 Å². The minimum atomic E-state index is -0.184. The number of hydrogen-bond acceptors (Lipinski definition) is 4. The fourth-order valence-corrected chi connectivity index (χ4v) is 1.93. The van der Waals surface area contributed by atoms with Gasteiger partial charge in [-0.1, -0.05) is 0 Å². The van der Waals surface area contributed by atoms with Crippen molar-refractivity contribution < 1.29 is 9.53 Å². The fourth-order valence-electron chi connectivity index (χ4n) is 1.93. The van der Waals surface area contributed by atoms with Crippen molar-refractivity contribution in [2.24, 2.45) is 5.92 Å². The summed E-state index contributed by atoms with van der Waals surface area (Å²) in [5.41, 5.74) is 6.50. The molecule has 2 atom stereocenters. The van der Waals surface area contributed by atoms with Gasteiger partial charge in [0.25, 0.3) is 5.91 Å². The van der Waals surface area contributed by atoms with Gasteiger partial charge in [0, 0.05) is 31.0 Å². The summed E-state index contributed by atoms with van der Waals surface area (Å²) in [6, 6.07) is 3.23. The average Bonchev–Trinajstić information content (AvgIpc) is 2.72. The Bertz CT molecular complexity index is 408. The summed E-state index contributed by atoms with van der Waals surface area (Å²) in [6.07, 6.45) is 2.74. The minimum absolute atomic E-state index is 0.184. The molecule has 17 heavy (non-hydrogen) atoms. The Balaban J connectivity index is 1.89. The first-order valence-electron chi connectivity index (χ1n) is 5.78. The molecule has 1 aromatic heterocycles. The van der Waals surface area contributed by atoms with Crippen molar-refractivity contribution in [2.75, 3.05) is 18.9 Å². The molecular formula is C12H17N3O2. The van der Waals surface area contributed by atoms with Crippen LogP contribution >= 0.6 is 0 Å². The molecule has 0 bridgehead atoms. The second kappa shape index (κ2) is 5.14. The lowest BCUT2D eigenvalue weighted by Gasteiger charge is -2.14. The predicted octanol–water partition coefficient (Wildman–Crippen LogP) is 0.819. The first-order chi connectivity index (χ1) is 8.16. The van der Waals surface area contributed by atoms with Crippen molar-refractivity contribution >= 4 is 11.6 Å². The van der Waals surface area contributed by atoms with E-state index in [1.54, 1.807) is 12.1 Å². The van der Waals surface area contributed by atoms with E-state index in [1.807, 2.05) is 6.92 Å². The van der Waals surface area contributed by atoms with Crippen molar-refractivity contribution in [2.45, 2.75) is 19.4 Å². The van der Waals surface area contributed by atoms with Gasteiger partial charge in [-0.05, 0) is 25.5 Å². The zero-order valence-electron chi connectivity index (χ0n) is 9.85. The molecule has 2 rings (SSSR count). The third kappa shape index (κ3) is 2.94. The first kappa shape index (κ1) is 11.9. The molecular weight excluding hydrogens is 218 g/mol. The standard InChI is InChI=1S/C12H17N3O2/c1-8-9(3-5-17-8)7-15-12(16)11-6-10(13)2-4-14-11/h2,4,6,8-9H,3,5,7H2,1H3,(H2,13,14)(H,15,16). The van der Waals surface area contributed by atoms with Gasteiger partial charge in [-0.25, -0.2) is 0 Å². The van der Waals surface area contributed by atoms with Gasteiger partial charge in [0.05, 0.1) is 6.10 Å². The van der Waals surface area contributed by atoms with Crippen LogP contribution in [0.3, 0.4) is 0 Å². The summed E-state index contributed by atoms with van der Waals surface area (Å²) in [4.78, 5) is 15.8. The number of nitrogens with two attached hydrogens (primary N) is 1. The van der Waals surface area contributed by atoms with E-state index < -0.39 is 0 Å². The number of hydrogen-bond donors (Lipinski definition) is 2. The zero-order valence-corrected chi connectivity index (χ0v) is 9.85. The Morgan fingerprint density at radius 1 is 1.71 bits per heavy atom. The van der Waals surface area contributed by atoms with Crippen molar-refractivity contribution in [3.05, 3.63) is 24.0 Å². The molecule has 0 radical (unpaired) electrons. The Kier molecular flexibility index (Phi) is 3.58. The van der Waals surface area contributed by atoms with Crippen molar-refractivity contribution in [1.82, 2.24) is 10.3 Å². The number of anilines is 1. The molecule has 1 fully saturated rings. The monoisotopic (exact) mass is 235 g/mol. The highest BCUT2D eigenvalue weighted by molar-refractivity contribution is 5.92. The van der Waals surface area contributed by atoms with E-state index in [-0.39, 0.29) is 12.0 Å². The number of carbonyl (C=O) groups excluding carboxylic acids is 1. The number of nitrogens with zero attached hydrogens (tertiary/aromatic N) is 1. The Morgan fingerprint density at radius 3 is 3.18 bits per heavy atom. The van der Waals surface area contributed by atoms with Gasteiger partial charge in [-0.2, -0.15) is 0 Å². The number of carbonyl (C=O) groups is 1. The number of aromatic nitrogens is 1. The van der Waals surface area contributed by atoms with Gasteiger partial charge >= 0.3 is 0 Å². The predicted molar refractivity (Wildman–Crippen MR) is 64.5 cm³/mol. The number of pyridine rings is 1. The van der Waals surface area contributed by atoms with Crippen LogP contribution in [-0.4, -0.2) is 30.1 Å². The first-order valence-corrected chi connectivity index (χ1v) is 5.78. The summed E-state index contributed by atoms with van der Waals surface area (Å²) in [7, 11) is 0. The lowest BCUT2D eigenvalue weighted by molar-refractivity contribution is 0.0903. The van der Waals surface area contributed by atoms with Gasteiger partial charge < -0.3 is 15.8 Å². The van der Waals surface area contributed by atoms with Crippen molar-refractivity contribution in [3.8, 4) is 0 Å². The highest BCUT2D eigenvalue weighted by Gasteiger charge is 2.24. The van der Waals surface area contributed by atoms with E-state index in [2.05, 4.69) is 10.3 Å². The molecule has 3 N–H and O–H groups in total. The van der Waals surface area contributed by atoms with Crippen LogP contribution in [0.5, 0.6) is 0 Å². The molecule has 1 aliphatic rings. The Hall–Kier alpha value is -1.62. The van der Waals surface area contributed by atoms with Crippen LogP contribution in [-0.2, 0) is 4.74 Å². The van der Waals surface area contributed by atoms with Gasteiger partial charge in [0.15, 0.2) is 0 Å². The van der Waals surface area contributed by atoms with Crippen LogP contribution in [0.25, 0.3) is 0 Å². The molecule has 5 nitrogen and oxygen atoms in total. The van der Waals surface area contributed by atoms with E-state index >= 15 is 0 Å². The van der Waals surface area contributed by atoms with Crippen LogP contribution in [0.1, 0.15) is 23.8 Å². The van der Waals surface area contributed by atoms with Gasteiger partial charge in [-0.3, -0.25) is 9.78 Å². The second-order valence-electron chi connectivity index (χ2n) is 4.31. The Morgan fingerprint density at radius 2 is 2.53 bits per heavy atom. The SMILES string of the molecule is CC1OCCC1CNC(=O)c1cc(N)ccn1. The van der Waals surface area contributed by atoms with E-state index in [0.29, 0.717) is 23.8 Å². The fraction of sp³-hybridized carbons (Fsp3) is 0.500. The normalized spacial score (nSPS) is 23.6. The Labute approximate surface area is 100 Å². The molecule has 1 aliphatic heterocycles. The number of nitrogen functional groups attached to an aromatic ring is 1. The quantitative estimate of drug-likeness (QED) is 0.813. The highest BCUT2D eigenvalue weighted by atomic mass is 16.5. The summed E-state index contributed by atoms with van der Waals surface area (Å²) < 4.78 is 5.44. The number of ether oxygens (including phenoxy) is 1. The molecule has 1 aromatic rings. The third-order valence-corrected chi connectivity index (χ3v) is 3.07. The maximum atomic E-state index is 11.8. The van der Waals surface area contributed by atoms with Crippen molar-refractivity contribution in [3.63, 3.8) is 0 Å². The smallest absolute Gasteiger partial charge is 0.269 e. The summed E-state index contributed by atoms with van der Waals surface area (Å²) in [6.45, 7) is 3.43. The van der Waals surface area contributed by atoms with Gasteiger partial charge in [0.1, 0.15) is 5.69 Å². The highest BCUT2D eigenvalue weighted by Crippen LogP contribution is 2.19. The molecule has 92 valence electrons. The molecule has 1 saturated heterocycles. The van der Waals surface area contributed by atoms with Gasteiger partial charge in [0.2, 0.25) is 0 Å². The van der Waals surface area contributed by atoms with E-state index in [4.69, 9.17) is 10.5 Å². The molecule has 1 amide bonds. The van der Waals surface area contributed by atoms with Crippen LogP contribution in [0.2, 0.25) is 0 Å². The second-order valence-corrected chi connectivity index (χ2v) is 4.31. The third-order valence-electron chi connectivity index (χ3n) is 3.07. The average molecular weight is 235 g/mol. The summed E-state index contributed by atoms with van der Waals surface area (Å²) in [5.74, 6) is 0.205. The lowest BCUT2D eigenvalue weighted by atomic mass is 10.0. The molecule has 2 heterocycles. The number of nitrogens with one attached hydrogen (secondary N) is 1. The minimum Gasteiger partial charge on any atom is -0.399 e. The molecule has 0 aromatic carbocycles. The number of rotatable bonds is 3. The summed E-state index contributed by atoms with van der Waals surface area (Å²) in [5, 5.41) is 2.86. The molecule has 0 spiro atoms. The number of amides is 1. The van der Waals surface area contributed by atoms with Crippen LogP contribution in [0, 0.1) is 5.92 Å². The molecule has 0 saturated carbocycles. The topological polar surface area (TPSA) is 77.2 Å². The largest absolute Gasteiger partial charge is 0.399 e. The van der Waals surface area contributed by atoms with Crippen LogP contribution < -0.4 is 11.1 Å². The lowest BCUT2D eigenvalue weighted by Crippen LogP contribution is -2.32. The molecule has 0 aliphatic carbocycles. The van der Waals surface area contributed by atoms with Crippen molar-refractivity contribution in [1.29, 1.82) is 0 Å². The maximum Gasteiger partial charge on any atom is 0.269 e. The molecule has 2 unspecified atom stereocenters. The summed E-state index contributed by atoms with van der Waals surface area (Å²) >= 11 is 0. The van der Waals surface area contributed by atoms with Crippen LogP contribution in [0.4, 0.5) is 5.69 Å². The van der Waals surface area contributed by atoms with Gasteiger partial charge in [-0.15, -0.1) is 0 Å². The zero-order chi connectivity index (χ0) is 12.3.